The SMILES string of the molecule is C[C@H]1[C@H](F)C[C@@H](C(=O)CCc2cc(-c3cnc(C(F)(F)F)nc3)c(C3CC3)cn2)N1S(=O)(=O)c1ccc(F)cc1.C[C@H]1[C@H](F)C[C@@H](C(=O)CCc2cc(-c3cnc(C(F)(F)F)nc3)nc(N3CCC3)n2)N1S(=O)(=O)c1ccc(F)cc1.C[C@H]1[C@H](F)C[C@@H](C(=O)CCc2cc(-c3cnc(C(F)(F)F)nc3)ncc2F)N1S(=O)(=O)c1cccc(F)c1. The molecule has 23 nitrogen and oxygen atoms in total. The van der Waals surface area contributed by atoms with Crippen molar-refractivity contribution in [3.8, 4) is 33.6 Å². The lowest BCUT2D eigenvalue weighted by Gasteiger charge is -2.31. The van der Waals surface area contributed by atoms with Gasteiger partial charge in [0.25, 0.3) is 0 Å². The molecule has 5 aliphatic rings. The van der Waals surface area contributed by atoms with Gasteiger partial charge in [-0.25, -0.2) is 95.9 Å². The maximum Gasteiger partial charge on any atom is 0.451 e. The van der Waals surface area contributed by atoms with E-state index < -0.39 is 173 Å². The maximum absolute atomic E-state index is 14.8. The second-order valence-electron chi connectivity index (χ2n) is 28.8. The number of carbonyl (C=O) groups excluding carboxylic acids is 3. The molecule has 1 aliphatic carbocycles. The molecule has 0 spiro atoms. The van der Waals surface area contributed by atoms with Gasteiger partial charge in [-0.15, -0.1) is 0 Å². The number of benzene rings is 3. The molecular weight excluding hydrogens is 1670 g/mol. The Morgan fingerprint density at radius 1 is 0.429 bits per heavy atom. The Hall–Kier alpha value is -10.3. The minimum atomic E-state index is -4.74. The fourth-order valence-corrected chi connectivity index (χ4v) is 19.5. The number of aryl methyl sites for hydroxylation is 3. The highest BCUT2D eigenvalue weighted by atomic mass is 32.2. The second-order valence-corrected chi connectivity index (χ2v) is 34.3. The van der Waals surface area contributed by atoms with E-state index in [9.17, 15) is 110 Å². The highest BCUT2D eigenvalue weighted by Crippen LogP contribution is 2.45. The van der Waals surface area contributed by atoms with Crippen LogP contribution >= 0.6 is 0 Å². The molecule has 119 heavy (non-hydrogen) atoms. The summed E-state index contributed by atoms with van der Waals surface area (Å²) in [6.07, 6.45) is -9.57. The first kappa shape index (κ1) is 88.0. The first-order valence-corrected chi connectivity index (χ1v) is 41.1. The molecule has 0 amide bonds. The number of Topliss-reactive ketones (excluding diaryl/α,β-unsaturated/α-hetero) is 3. The fourth-order valence-electron chi connectivity index (χ4n) is 14.0. The van der Waals surface area contributed by atoms with Crippen LogP contribution in [-0.4, -0.2) is 173 Å². The third kappa shape index (κ3) is 19.9. The van der Waals surface area contributed by atoms with E-state index >= 15 is 0 Å². The number of nitrogens with zero attached hydrogens (tertiary/aromatic N) is 14. The Kier molecular flexibility index (Phi) is 26.0. The van der Waals surface area contributed by atoms with Gasteiger partial charge in [-0.1, -0.05) is 6.07 Å². The molecule has 0 bridgehead atoms. The van der Waals surface area contributed by atoms with E-state index in [-0.39, 0.29) is 95.2 Å². The zero-order valence-corrected chi connectivity index (χ0v) is 65.1. The molecular formula is C77H70F16N14O9S3. The van der Waals surface area contributed by atoms with Crippen molar-refractivity contribution in [1.82, 2.24) is 62.8 Å². The van der Waals surface area contributed by atoms with Gasteiger partial charge in [-0.3, -0.25) is 24.4 Å². The smallest absolute Gasteiger partial charge is 0.341 e. The van der Waals surface area contributed by atoms with Gasteiger partial charge in [0.15, 0.2) is 17.3 Å². The average Bonchev–Trinajstić information content (AvgIpc) is 1.64. The van der Waals surface area contributed by atoms with Gasteiger partial charge in [0.2, 0.25) is 53.5 Å². The molecule has 9 aromatic rings. The first-order valence-electron chi connectivity index (χ1n) is 36.8. The van der Waals surface area contributed by atoms with Crippen LogP contribution in [0, 0.1) is 23.3 Å². The number of alkyl halides is 12. The van der Waals surface area contributed by atoms with Crippen LogP contribution in [0.5, 0.6) is 0 Å². The number of anilines is 1. The molecule has 632 valence electrons. The average molecular weight is 1740 g/mol. The molecule has 9 atom stereocenters. The molecule has 5 fully saturated rings. The molecule has 4 saturated heterocycles. The normalized spacial score (nSPS) is 21.4. The van der Waals surface area contributed by atoms with Crippen LogP contribution in [0.1, 0.15) is 124 Å². The van der Waals surface area contributed by atoms with E-state index in [1.165, 1.54) is 39.0 Å². The summed E-state index contributed by atoms with van der Waals surface area (Å²) in [4.78, 5) is 77.8. The van der Waals surface area contributed by atoms with E-state index in [4.69, 9.17) is 0 Å². The molecule has 14 rings (SSSR count). The maximum atomic E-state index is 14.8. The van der Waals surface area contributed by atoms with E-state index in [0.717, 1.165) is 148 Å². The minimum absolute atomic E-state index is 0.0226. The van der Waals surface area contributed by atoms with E-state index in [0.29, 0.717) is 41.6 Å². The van der Waals surface area contributed by atoms with Crippen LogP contribution < -0.4 is 4.90 Å². The molecule has 0 N–H and O–H groups in total. The number of hydrogen-bond donors (Lipinski definition) is 0. The Labute approximate surface area is 670 Å². The van der Waals surface area contributed by atoms with Crippen LogP contribution in [0.15, 0.2) is 155 Å². The number of rotatable bonds is 23. The lowest BCUT2D eigenvalue weighted by molar-refractivity contribution is -0.145. The molecule has 4 aliphatic heterocycles. The number of pyridine rings is 2. The van der Waals surface area contributed by atoms with Crippen LogP contribution in [0.3, 0.4) is 0 Å². The van der Waals surface area contributed by atoms with Gasteiger partial charge in [0.05, 0.1) is 68.5 Å². The fraction of sp³-hybridized carbons (Fsp3) is 0.390. The van der Waals surface area contributed by atoms with Crippen molar-refractivity contribution >= 4 is 53.4 Å². The van der Waals surface area contributed by atoms with Gasteiger partial charge >= 0.3 is 18.5 Å². The molecule has 1 saturated carbocycles. The van der Waals surface area contributed by atoms with Crippen molar-refractivity contribution in [2.75, 3.05) is 18.0 Å². The monoisotopic (exact) mass is 1730 g/mol. The minimum Gasteiger partial charge on any atom is -0.341 e. The summed E-state index contributed by atoms with van der Waals surface area (Å²) in [5, 5.41) is 0. The summed E-state index contributed by atoms with van der Waals surface area (Å²) in [5.41, 5.74) is 3.28. The second kappa shape index (κ2) is 35.2. The Morgan fingerprint density at radius 2 is 0.840 bits per heavy atom. The lowest BCUT2D eigenvalue weighted by Crippen LogP contribution is -2.44. The topological polar surface area (TPSA) is 295 Å². The van der Waals surface area contributed by atoms with Crippen LogP contribution in [-0.2, 0) is 82.2 Å². The number of aromatic nitrogens is 10. The van der Waals surface area contributed by atoms with E-state index in [2.05, 4.69) is 49.8 Å². The quantitative estimate of drug-likeness (QED) is 0.0537. The Balaban J connectivity index is 0.000000164. The number of sulfonamides is 3. The standard InChI is InChI=1S/C27H25F5N4O3S.C26H25F5N6O3S.C24H20F6N4O3S/c1-15-23(29)11-24(36(15)40(38,39)20-7-4-18(28)5-8-20)25(37)9-6-19-10-21(22(14-33-19)16-2-3-16)17-12-34-26(35-13-17)27(30,31)32;1-15-20(28)12-22(37(15)41(39,40)19-6-3-17(27)4-7-19)23(38)8-5-18-11-21(35-25(34-18)36-9-2-10-36)16-13-32-24(33-14-16)26(29,30)31;1-13-18(26)9-21(34(13)38(36,37)17-4-2-3-16(25)8-17)22(35)6-5-14-7-20(31-12-19(14)27)15-10-32-23(33-11-15)24(28,29)30/h4-5,7-8,10,12-16,23-24H,2-3,6,9,11H2,1H3;3-4,6-7,11,13-15,20,22H,2,5,8-10,12H2,1H3;2-4,7-8,10-13,18,21H,5-6,9H2,1H3/t15-,23+,24-;15-,20+,22-;13-,18+,21-/m000/s1. The first-order chi connectivity index (χ1) is 56.0. The van der Waals surface area contributed by atoms with Gasteiger partial charge in [0.1, 0.15) is 41.8 Å². The summed E-state index contributed by atoms with van der Waals surface area (Å²) in [5.74, 6) is -7.94. The third-order valence-electron chi connectivity index (χ3n) is 20.7. The number of carbonyl (C=O) groups is 3. The van der Waals surface area contributed by atoms with Crippen LogP contribution in [0.25, 0.3) is 33.6 Å². The third-order valence-corrected chi connectivity index (χ3v) is 26.7. The van der Waals surface area contributed by atoms with Crippen molar-refractivity contribution in [3.05, 3.63) is 204 Å². The molecule has 10 heterocycles. The van der Waals surface area contributed by atoms with E-state index in [1.54, 1.807) is 12.3 Å². The van der Waals surface area contributed by atoms with Crippen molar-refractivity contribution in [2.24, 2.45) is 0 Å². The molecule has 6 aromatic heterocycles. The van der Waals surface area contributed by atoms with Crippen LogP contribution in [0.2, 0.25) is 0 Å². The van der Waals surface area contributed by atoms with E-state index in [1.807, 2.05) is 4.90 Å². The van der Waals surface area contributed by atoms with Crippen LogP contribution in [0.4, 0.5) is 76.2 Å². The number of halogens is 16. The highest BCUT2D eigenvalue weighted by molar-refractivity contribution is 7.89. The summed E-state index contributed by atoms with van der Waals surface area (Å²) in [7, 11) is -13.0. The van der Waals surface area contributed by atoms with Gasteiger partial charge in [-0.2, -0.15) is 52.4 Å². The highest BCUT2D eigenvalue weighted by Gasteiger charge is 2.52. The summed E-state index contributed by atoms with van der Waals surface area (Å²) < 4.78 is 296. The predicted molar refractivity (Wildman–Crippen MR) is 392 cm³/mol. The van der Waals surface area contributed by atoms with Crippen molar-refractivity contribution < 1.29 is 110 Å². The summed E-state index contributed by atoms with van der Waals surface area (Å²) in [6.45, 7) is 5.42. The summed E-state index contributed by atoms with van der Waals surface area (Å²) in [6, 6.07) is 9.41. The van der Waals surface area contributed by atoms with Gasteiger partial charge < -0.3 is 4.90 Å². The number of ketones is 3. The Bertz CT molecular complexity index is 5580. The zero-order valence-electron chi connectivity index (χ0n) is 62.7. The summed E-state index contributed by atoms with van der Waals surface area (Å²) >= 11 is 0. The molecule has 0 radical (unpaired) electrons. The predicted octanol–water partition coefficient (Wildman–Crippen LogP) is 13.8. The van der Waals surface area contributed by atoms with Gasteiger partial charge in [0, 0.05) is 123 Å². The lowest BCUT2D eigenvalue weighted by atomic mass is 9.98. The molecule has 0 unspecified atom stereocenters. The van der Waals surface area contributed by atoms with Gasteiger partial charge in [-0.05, 0) is 167 Å². The molecule has 42 heteroatoms. The number of hydrogen-bond acceptors (Lipinski definition) is 20. The largest absolute Gasteiger partial charge is 0.451 e. The Morgan fingerprint density at radius 3 is 1.25 bits per heavy atom. The molecule has 3 aromatic carbocycles. The van der Waals surface area contributed by atoms with Crippen molar-refractivity contribution in [1.29, 1.82) is 0 Å². The van der Waals surface area contributed by atoms with Crippen molar-refractivity contribution in [2.45, 2.75) is 192 Å². The zero-order chi connectivity index (χ0) is 86.2. The van der Waals surface area contributed by atoms with Crippen molar-refractivity contribution in [3.63, 3.8) is 0 Å².